The lowest BCUT2D eigenvalue weighted by molar-refractivity contribution is 0.669. The molecular weight excluding hydrogens is 609 g/mol. The van der Waals surface area contributed by atoms with Gasteiger partial charge in [-0.2, -0.15) is 0 Å². The van der Waals surface area contributed by atoms with Gasteiger partial charge in [-0.1, -0.05) is 115 Å². The summed E-state index contributed by atoms with van der Waals surface area (Å²) >= 11 is 0. The Labute approximate surface area is 287 Å². The smallest absolute Gasteiger partial charge is 0.137 e. The lowest BCUT2D eigenvalue weighted by Gasteiger charge is -2.18. The molecule has 0 N–H and O–H groups in total. The van der Waals surface area contributed by atoms with Crippen LogP contribution in [0.3, 0.4) is 0 Å². The number of rotatable bonds is 3. The predicted octanol–water partition coefficient (Wildman–Crippen LogP) is 12.9. The third-order valence-electron chi connectivity index (χ3n) is 10.5. The van der Waals surface area contributed by atoms with Gasteiger partial charge in [0, 0.05) is 45.7 Å². The highest BCUT2D eigenvalue weighted by molar-refractivity contribution is 6.24. The summed E-state index contributed by atoms with van der Waals surface area (Å²) in [7, 11) is 0. The van der Waals surface area contributed by atoms with Crippen LogP contribution in [0.1, 0.15) is 0 Å². The number of hydrogen-bond donors (Lipinski definition) is 0. The molecule has 3 nitrogen and oxygen atoms in total. The van der Waals surface area contributed by atoms with Gasteiger partial charge in [0.2, 0.25) is 0 Å². The topological polar surface area (TPSA) is 31.0 Å². The van der Waals surface area contributed by atoms with E-state index in [4.69, 9.17) is 4.42 Å². The van der Waals surface area contributed by atoms with Crippen LogP contribution in [0.5, 0.6) is 0 Å². The highest BCUT2D eigenvalue weighted by Gasteiger charge is 2.19. The summed E-state index contributed by atoms with van der Waals surface area (Å²) in [5.74, 6) is 0. The van der Waals surface area contributed by atoms with E-state index < -0.39 is 0 Å². The molecule has 8 aromatic carbocycles. The third-order valence-corrected chi connectivity index (χ3v) is 10.5. The summed E-state index contributed by atoms with van der Waals surface area (Å²) in [6.45, 7) is 0. The first kappa shape index (κ1) is 27.3. The molecule has 3 heterocycles. The number of nitrogens with zero attached hydrogens (tertiary/aromatic N) is 2. The van der Waals surface area contributed by atoms with Crippen LogP contribution in [0.4, 0.5) is 0 Å². The van der Waals surface area contributed by atoms with Gasteiger partial charge in [0.05, 0.1) is 11.0 Å². The Bertz CT molecular complexity index is 3050. The van der Waals surface area contributed by atoms with Crippen molar-refractivity contribution in [3.63, 3.8) is 0 Å². The molecular formula is C47H28N2O. The Hall–Kier alpha value is -6.71. The minimum Gasteiger partial charge on any atom is -0.456 e. The van der Waals surface area contributed by atoms with E-state index in [0.29, 0.717) is 0 Å². The van der Waals surface area contributed by atoms with Crippen LogP contribution in [0.15, 0.2) is 175 Å². The van der Waals surface area contributed by atoms with E-state index in [2.05, 4.69) is 167 Å². The summed E-state index contributed by atoms with van der Waals surface area (Å²) in [5, 5.41) is 12.0. The molecule has 3 aromatic heterocycles. The van der Waals surface area contributed by atoms with Crippen LogP contribution >= 0.6 is 0 Å². The second kappa shape index (κ2) is 10.4. The van der Waals surface area contributed by atoms with Gasteiger partial charge in [0.1, 0.15) is 11.2 Å². The largest absolute Gasteiger partial charge is 0.456 e. The lowest BCUT2D eigenvalue weighted by atomic mass is 9.84. The van der Waals surface area contributed by atoms with Gasteiger partial charge >= 0.3 is 0 Å². The second-order valence-corrected chi connectivity index (χ2v) is 13.1. The van der Waals surface area contributed by atoms with Crippen LogP contribution < -0.4 is 0 Å². The zero-order chi connectivity index (χ0) is 32.8. The van der Waals surface area contributed by atoms with Crippen molar-refractivity contribution in [2.24, 2.45) is 0 Å². The summed E-state index contributed by atoms with van der Waals surface area (Å²) < 4.78 is 9.02. The maximum Gasteiger partial charge on any atom is 0.137 e. The number of hydrogen-bond acceptors (Lipinski definition) is 2. The number of furan rings is 1. The van der Waals surface area contributed by atoms with Gasteiger partial charge < -0.3 is 8.98 Å². The molecule has 0 spiro atoms. The predicted molar refractivity (Wildman–Crippen MR) is 209 cm³/mol. The molecule has 3 heteroatoms. The number of benzene rings is 8. The highest BCUT2D eigenvalue weighted by atomic mass is 16.3. The number of para-hydroxylation sites is 1. The standard InChI is InChI=1S/C47H28N2O/c1-2-12-32-29(10-1)11-9-18-36(32)47-39-16-5-3-14-37(39)46(38-15-4-6-17-40(38)47)30-20-22-34-35-23-21-31(27-45(35)50-44(34)26-30)49-42-19-8-7-13-33(42)41-28-48-25-24-43(41)49/h1-28H. The van der Waals surface area contributed by atoms with Crippen molar-refractivity contribution in [2.75, 3.05) is 0 Å². The Kier molecular flexibility index (Phi) is 5.67. The van der Waals surface area contributed by atoms with E-state index in [1.807, 2.05) is 12.4 Å². The number of fused-ring (bicyclic) bond motifs is 9. The fourth-order valence-corrected chi connectivity index (χ4v) is 8.33. The quantitative estimate of drug-likeness (QED) is 0.181. The molecule has 11 rings (SSSR count). The van der Waals surface area contributed by atoms with Crippen molar-refractivity contribution >= 4 is 76.1 Å². The van der Waals surface area contributed by atoms with Crippen molar-refractivity contribution < 1.29 is 4.42 Å². The molecule has 0 fully saturated rings. The molecule has 0 radical (unpaired) electrons. The van der Waals surface area contributed by atoms with Gasteiger partial charge in [0.15, 0.2) is 0 Å². The van der Waals surface area contributed by atoms with Gasteiger partial charge in [-0.15, -0.1) is 0 Å². The Balaban J connectivity index is 1.13. The van der Waals surface area contributed by atoms with Gasteiger partial charge in [-0.05, 0) is 91.0 Å². The maximum atomic E-state index is 6.72. The van der Waals surface area contributed by atoms with Gasteiger partial charge in [-0.25, -0.2) is 0 Å². The number of pyridine rings is 1. The maximum absolute atomic E-state index is 6.72. The average Bonchev–Trinajstić information content (AvgIpc) is 3.71. The molecule has 0 aliphatic rings. The fourth-order valence-electron chi connectivity index (χ4n) is 8.33. The van der Waals surface area contributed by atoms with Crippen LogP contribution in [0.25, 0.3) is 104 Å². The molecule has 0 aliphatic heterocycles. The minimum absolute atomic E-state index is 0.871. The van der Waals surface area contributed by atoms with Crippen molar-refractivity contribution in [2.45, 2.75) is 0 Å². The number of aromatic nitrogens is 2. The van der Waals surface area contributed by atoms with Crippen LogP contribution in [0, 0.1) is 0 Å². The van der Waals surface area contributed by atoms with Crippen molar-refractivity contribution in [3.8, 4) is 27.9 Å². The zero-order valence-electron chi connectivity index (χ0n) is 27.0. The van der Waals surface area contributed by atoms with Crippen LogP contribution in [-0.4, -0.2) is 9.55 Å². The highest BCUT2D eigenvalue weighted by Crippen LogP contribution is 2.46. The summed E-state index contributed by atoms with van der Waals surface area (Å²) in [6, 6.07) is 56.9. The van der Waals surface area contributed by atoms with E-state index in [-0.39, 0.29) is 0 Å². The average molecular weight is 637 g/mol. The summed E-state index contributed by atoms with van der Waals surface area (Å²) in [6.07, 6.45) is 3.82. The van der Waals surface area contributed by atoms with Crippen LogP contribution in [-0.2, 0) is 0 Å². The fraction of sp³-hybridized carbons (Fsp3) is 0. The third kappa shape index (κ3) is 3.83. The Morgan fingerprint density at radius 1 is 0.420 bits per heavy atom. The second-order valence-electron chi connectivity index (χ2n) is 13.1. The van der Waals surface area contributed by atoms with Crippen LogP contribution in [0.2, 0.25) is 0 Å². The van der Waals surface area contributed by atoms with Gasteiger partial charge in [0.25, 0.3) is 0 Å². The summed E-state index contributed by atoms with van der Waals surface area (Å²) in [4.78, 5) is 4.42. The van der Waals surface area contributed by atoms with Crippen molar-refractivity contribution in [1.29, 1.82) is 0 Å². The molecule has 0 amide bonds. The lowest BCUT2D eigenvalue weighted by Crippen LogP contribution is -1.93. The van der Waals surface area contributed by atoms with E-state index in [1.165, 1.54) is 54.4 Å². The van der Waals surface area contributed by atoms with E-state index in [9.17, 15) is 0 Å². The van der Waals surface area contributed by atoms with Crippen molar-refractivity contribution in [1.82, 2.24) is 9.55 Å². The first-order valence-electron chi connectivity index (χ1n) is 17.0. The molecule has 232 valence electrons. The first-order chi connectivity index (χ1) is 24.8. The van der Waals surface area contributed by atoms with E-state index >= 15 is 0 Å². The Morgan fingerprint density at radius 3 is 1.80 bits per heavy atom. The normalized spacial score (nSPS) is 12.0. The molecule has 50 heavy (non-hydrogen) atoms. The van der Waals surface area contributed by atoms with E-state index in [0.717, 1.165) is 49.6 Å². The van der Waals surface area contributed by atoms with Gasteiger partial charge in [-0.3, -0.25) is 4.98 Å². The molecule has 0 atom stereocenters. The summed E-state index contributed by atoms with van der Waals surface area (Å²) in [5.41, 5.74) is 9.99. The first-order valence-corrected chi connectivity index (χ1v) is 17.0. The SMILES string of the molecule is c1ccc2c(-c3c4ccccc4c(-c4ccc5c(c4)oc4cc(-n6c7ccccc7c7cnccc76)ccc45)c4ccccc34)cccc2c1. The molecule has 11 aromatic rings. The zero-order valence-corrected chi connectivity index (χ0v) is 27.0. The minimum atomic E-state index is 0.871. The molecule has 0 bridgehead atoms. The molecule has 0 unspecified atom stereocenters. The Morgan fingerprint density at radius 2 is 1.02 bits per heavy atom. The molecule has 0 saturated carbocycles. The monoisotopic (exact) mass is 636 g/mol. The molecule has 0 aliphatic carbocycles. The van der Waals surface area contributed by atoms with Crippen molar-refractivity contribution in [3.05, 3.63) is 170 Å². The molecule has 0 saturated heterocycles. The van der Waals surface area contributed by atoms with E-state index in [1.54, 1.807) is 0 Å².